The molecule has 0 saturated heterocycles. The Balaban J connectivity index is 0.00000288. The third kappa shape index (κ3) is 6.13. The van der Waals surface area contributed by atoms with Crippen molar-refractivity contribution in [3.63, 3.8) is 0 Å². The number of Topliss-reactive ketones (excluding diaryl/α,β-unsaturated/α-hetero) is 1. The van der Waals surface area contributed by atoms with Gasteiger partial charge in [-0.3, -0.25) is 4.79 Å². The Hall–Kier alpha value is -1.59. The van der Waals surface area contributed by atoms with Gasteiger partial charge in [-0.05, 0) is 29.8 Å². The number of ether oxygens (including phenoxy) is 1. The van der Waals surface area contributed by atoms with Crippen LogP contribution in [-0.4, -0.2) is 31.1 Å². The fraction of sp³-hybridized carbons (Fsp3) is 0.278. The van der Waals surface area contributed by atoms with Gasteiger partial charge in [0.1, 0.15) is 18.4 Å². The van der Waals surface area contributed by atoms with Crippen LogP contribution in [0.3, 0.4) is 0 Å². The van der Waals surface area contributed by atoms with E-state index in [0.29, 0.717) is 35.8 Å². The predicted octanol–water partition coefficient (Wildman–Crippen LogP) is -0.778. The van der Waals surface area contributed by atoms with Gasteiger partial charge in [0, 0.05) is 10.6 Å². The second kappa shape index (κ2) is 10.3. The van der Waals surface area contributed by atoms with Gasteiger partial charge in [0.25, 0.3) is 0 Å². The molecule has 2 rings (SSSR count). The first kappa shape index (κ1) is 20.5. The van der Waals surface area contributed by atoms with Crippen molar-refractivity contribution in [2.24, 2.45) is 0 Å². The number of aliphatic hydroxyl groups excluding tert-OH is 1. The molecule has 4 nitrogen and oxygen atoms in total. The molecule has 130 valence electrons. The molecule has 0 aliphatic carbocycles. The van der Waals surface area contributed by atoms with Crippen molar-refractivity contribution in [3.8, 4) is 5.75 Å². The second-order valence-corrected chi connectivity index (χ2v) is 5.72. The van der Waals surface area contributed by atoms with E-state index in [1.165, 1.54) is 0 Å². The van der Waals surface area contributed by atoms with Gasteiger partial charge in [-0.2, -0.15) is 0 Å². The normalized spacial score (nSPS) is 11.5. The van der Waals surface area contributed by atoms with Gasteiger partial charge in [0.2, 0.25) is 0 Å². The molecule has 0 fully saturated rings. The Morgan fingerprint density at radius 1 is 1.25 bits per heavy atom. The molecule has 1 unspecified atom stereocenters. The highest BCUT2D eigenvalue weighted by Gasteiger charge is 2.11. The Labute approximate surface area is 153 Å². The predicted molar refractivity (Wildman–Crippen MR) is 90.0 cm³/mol. The van der Waals surface area contributed by atoms with Gasteiger partial charge in [-0.1, -0.05) is 35.9 Å². The zero-order chi connectivity index (χ0) is 16.7. The summed E-state index contributed by atoms with van der Waals surface area (Å²) >= 11 is 5.82. The lowest BCUT2D eigenvalue weighted by Crippen LogP contribution is -3.00. The maximum Gasteiger partial charge on any atom is 0.168 e. The third-order valence-corrected chi connectivity index (χ3v) is 3.86. The van der Waals surface area contributed by atoms with Crippen molar-refractivity contribution >= 4 is 17.4 Å². The van der Waals surface area contributed by atoms with Crippen LogP contribution in [0.15, 0.2) is 48.5 Å². The number of carbonyl (C=O) groups excluding carboxylic acids is 1. The summed E-state index contributed by atoms with van der Waals surface area (Å²) in [6, 6.07) is 14.3. The quantitative estimate of drug-likeness (QED) is 0.474. The Kier molecular flexibility index (Phi) is 8.79. The summed E-state index contributed by atoms with van der Waals surface area (Å²) in [4.78, 5) is 12.1. The molecule has 2 aromatic carbocycles. The number of aliphatic hydroxyl groups is 1. The van der Waals surface area contributed by atoms with Gasteiger partial charge in [0.05, 0.1) is 20.1 Å². The van der Waals surface area contributed by atoms with Gasteiger partial charge in [-0.25, -0.2) is 0 Å². The van der Waals surface area contributed by atoms with Crippen LogP contribution in [0, 0.1) is 0 Å². The highest BCUT2D eigenvalue weighted by atomic mass is 35.5. The first-order valence-corrected chi connectivity index (χ1v) is 7.90. The number of halogens is 2. The zero-order valence-corrected chi connectivity index (χ0v) is 14.9. The average Bonchev–Trinajstić information content (AvgIpc) is 2.59. The number of benzene rings is 2. The highest BCUT2D eigenvalue weighted by molar-refractivity contribution is 6.30. The molecular formula is C18H21Cl2NO3. The van der Waals surface area contributed by atoms with Crippen molar-refractivity contribution in [3.05, 3.63) is 64.7 Å². The smallest absolute Gasteiger partial charge is 0.168 e. The SMILES string of the molecule is COc1cccc(C(=O)CC[NH2+]CC(O)c2ccc(Cl)cc2)c1.[Cl-]. The van der Waals surface area contributed by atoms with E-state index in [2.05, 4.69) is 0 Å². The summed E-state index contributed by atoms with van der Waals surface area (Å²) in [7, 11) is 1.58. The lowest BCUT2D eigenvalue weighted by atomic mass is 10.1. The number of hydrogen-bond acceptors (Lipinski definition) is 3. The van der Waals surface area contributed by atoms with Crippen LogP contribution in [0.5, 0.6) is 5.75 Å². The molecule has 0 spiro atoms. The fourth-order valence-corrected chi connectivity index (χ4v) is 2.40. The molecule has 0 aromatic heterocycles. The summed E-state index contributed by atoms with van der Waals surface area (Å²) in [6.45, 7) is 1.13. The zero-order valence-electron chi connectivity index (χ0n) is 13.4. The van der Waals surface area contributed by atoms with E-state index in [9.17, 15) is 9.90 Å². The van der Waals surface area contributed by atoms with E-state index in [1.54, 1.807) is 37.4 Å². The Morgan fingerprint density at radius 3 is 2.62 bits per heavy atom. The standard InChI is InChI=1S/C18H20ClNO3.ClH/c1-23-16-4-2-3-14(11-16)17(21)9-10-20-12-18(22)13-5-7-15(19)8-6-13;/h2-8,11,18,20,22H,9-10,12H2,1H3;1H. The maximum absolute atomic E-state index is 12.1. The van der Waals surface area contributed by atoms with Crippen LogP contribution in [0.4, 0.5) is 0 Å². The summed E-state index contributed by atoms with van der Waals surface area (Å²) in [5, 5.41) is 12.7. The lowest BCUT2D eigenvalue weighted by molar-refractivity contribution is -0.660. The fourth-order valence-electron chi connectivity index (χ4n) is 2.27. The van der Waals surface area contributed by atoms with E-state index < -0.39 is 6.10 Å². The molecule has 24 heavy (non-hydrogen) atoms. The third-order valence-electron chi connectivity index (χ3n) is 3.61. The Bertz CT molecular complexity index is 647. The number of quaternary nitrogens is 1. The molecule has 0 radical (unpaired) electrons. The summed E-state index contributed by atoms with van der Waals surface area (Å²) < 4.78 is 5.12. The number of rotatable bonds is 8. The van der Waals surface area contributed by atoms with Crippen LogP contribution in [0.25, 0.3) is 0 Å². The first-order valence-electron chi connectivity index (χ1n) is 7.52. The molecule has 0 amide bonds. The molecule has 6 heteroatoms. The minimum Gasteiger partial charge on any atom is -1.00 e. The van der Waals surface area contributed by atoms with Crippen molar-refractivity contribution in [2.75, 3.05) is 20.2 Å². The summed E-state index contributed by atoms with van der Waals surface area (Å²) in [5.74, 6) is 0.749. The molecular weight excluding hydrogens is 349 g/mol. The summed E-state index contributed by atoms with van der Waals surface area (Å²) in [6.07, 6.45) is -0.153. The molecule has 0 aliphatic heterocycles. The molecule has 3 N–H and O–H groups in total. The van der Waals surface area contributed by atoms with Crippen LogP contribution >= 0.6 is 11.6 Å². The van der Waals surface area contributed by atoms with Crippen LogP contribution in [0.2, 0.25) is 5.02 Å². The number of ketones is 1. The molecule has 0 saturated carbocycles. The van der Waals surface area contributed by atoms with E-state index in [1.807, 2.05) is 23.5 Å². The van der Waals surface area contributed by atoms with Crippen molar-refractivity contribution < 1.29 is 32.4 Å². The molecule has 2 aromatic rings. The van der Waals surface area contributed by atoms with Crippen molar-refractivity contribution in [1.29, 1.82) is 0 Å². The molecule has 0 heterocycles. The minimum absolute atomic E-state index is 0. The maximum atomic E-state index is 12.1. The number of methoxy groups -OCH3 is 1. The van der Waals surface area contributed by atoms with Crippen LogP contribution in [0.1, 0.15) is 28.4 Å². The topological polar surface area (TPSA) is 63.1 Å². The first-order chi connectivity index (χ1) is 11.1. The van der Waals surface area contributed by atoms with E-state index in [4.69, 9.17) is 16.3 Å². The van der Waals surface area contributed by atoms with Crippen molar-refractivity contribution in [1.82, 2.24) is 0 Å². The van der Waals surface area contributed by atoms with Gasteiger partial charge < -0.3 is 27.6 Å². The number of carbonyl (C=O) groups is 1. The molecule has 0 bridgehead atoms. The largest absolute Gasteiger partial charge is 1.00 e. The average molecular weight is 370 g/mol. The monoisotopic (exact) mass is 369 g/mol. The Morgan fingerprint density at radius 2 is 1.96 bits per heavy atom. The number of hydrogen-bond donors (Lipinski definition) is 2. The minimum atomic E-state index is -0.570. The van der Waals surface area contributed by atoms with E-state index >= 15 is 0 Å². The van der Waals surface area contributed by atoms with Crippen LogP contribution in [-0.2, 0) is 0 Å². The van der Waals surface area contributed by atoms with Crippen molar-refractivity contribution in [2.45, 2.75) is 12.5 Å². The van der Waals surface area contributed by atoms with Gasteiger partial charge >= 0.3 is 0 Å². The molecule has 1 atom stereocenters. The van der Waals surface area contributed by atoms with E-state index in [0.717, 1.165) is 5.56 Å². The van der Waals surface area contributed by atoms with E-state index in [-0.39, 0.29) is 18.2 Å². The van der Waals surface area contributed by atoms with Gasteiger partial charge in [-0.15, -0.1) is 0 Å². The van der Waals surface area contributed by atoms with Gasteiger partial charge in [0.15, 0.2) is 5.78 Å². The van der Waals surface area contributed by atoms with Crippen LogP contribution < -0.4 is 22.5 Å². The summed E-state index contributed by atoms with van der Waals surface area (Å²) in [5.41, 5.74) is 1.47. The highest BCUT2D eigenvalue weighted by Crippen LogP contribution is 2.15. The second-order valence-electron chi connectivity index (χ2n) is 5.29. The lowest BCUT2D eigenvalue weighted by Gasteiger charge is -2.10. The molecule has 0 aliphatic rings. The number of nitrogens with two attached hydrogens (primary N) is 1.